The fourth-order valence-electron chi connectivity index (χ4n) is 2.05. The Morgan fingerprint density at radius 3 is 2.38 bits per heavy atom. The van der Waals surface area contributed by atoms with Gasteiger partial charge in [0, 0.05) is 20.0 Å². The number of likely N-dealkylation sites (N-methyl/N-ethyl adjacent to an activating group) is 1. The van der Waals surface area contributed by atoms with Gasteiger partial charge in [-0.1, -0.05) is 13.8 Å². The van der Waals surface area contributed by atoms with Crippen LogP contribution in [-0.2, 0) is 14.4 Å². The molecule has 0 bridgehead atoms. The van der Waals surface area contributed by atoms with Crippen molar-refractivity contribution < 1.29 is 24.3 Å². The lowest BCUT2D eigenvalue weighted by atomic mass is 10.0. The lowest BCUT2D eigenvalue weighted by Gasteiger charge is -2.18. The van der Waals surface area contributed by atoms with Crippen molar-refractivity contribution in [3.63, 3.8) is 0 Å². The van der Waals surface area contributed by atoms with E-state index in [9.17, 15) is 19.2 Å². The Hall–Kier alpha value is -2.12. The number of carboxylic acids is 1. The summed E-state index contributed by atoms with van der Waals surface area (Å²) >= 11 is 0. The second-order valence-corrected chi connectivity index (χ2v) is 5.42. The summed E-state index contributed by atoms with van der Waals surface area (Å²) < 4.78 is 0. The van der Waals surface area contributed by atoms with Gasteiger partial charge in [0.1, 0.15) is 12.6 Å². The zero-order chi connectivity index (χ0) is 16.2. The average molecular weight is 299 g/mol. The van der Waals surface area contributed by atoms with Crippen LogP contribution >= 0.6 is 0 Å². The molecule has 1 aliphatic rings. The van der Waals surface area contributed by atoms with Crippen LogP contribution in [0.1, 0.15) is 26.7 Å². The first-order valence-corrected chi connectivity index (χ1v) is 6.81. The Morgan fingerprint density at radius 1 is 1.33 bits per heavy atom. The van der Waals surface area contributed by atoms with E-state index >= 15 is 0 Å². The van der Waals surface area contributed by atoms with E-state index < -0.39 is 17.9 Å². The number of carboxylic acid groups (broad SMARTS) is 1. The molecule has 1 saturated heterocycles. The first-order chi connectivity index (χ1) is 9.73. The van der Waals surface area contributed by atoms with Crippen molar-refractivity contribution in [1.29, 1.82) is 0 Å². The molecule has 2 N–H and O–H groups in total. The van der Waals surface area contributed by atoms with Gasteiger partial charge in [-0.25, -0.2) is 9.59 Å². The van der Waals surface area contributed by atoms with Gasteiger partial charge in [-0.05, 0) is 12.3 Å². The smallest absolute Gasteiger partial charge is 0.326 e. The van der Waals surface area contributed by atoms with E-state index in [1.54, 1.807) is 13.8 Å². The molecule has 1 heterocycles. The zero-order valence-corrected chi connectivity index (χ0v) is 12.5. The maximum atomic E-state index is 11.7. The molecule has 1 aliphatic heterocycles. The lowest BCUT2D eigenvalue weighted by Crippen LogP contribution is -2.44. The van der Waals surface area contributed by atoms with E-state index in [0.29, 0.717) is 6.42 Å². The van der Waals surface area contributed by atoms with E-state index in [1.807, 2.05) is 0 Å². The molecule has 1 atom stereocenters. The maximum absolute atomic E-state index is 11.7. The molecule has 118 valence electrons. The number of hydrogen-bond acceptors (Lipinski definition) is 4. The third-order valence-corrected chi connectivity index (χ3v) is 3.27. The highest BCUT2D eigenvalue weighted by Gasteiger charge is 2.33. The number of nitrogens with zero attached hydrogens (tertiary/aromatic N) is 2. The molecular formula is C13H21N3O5. The molecule has 0 aromatic carbocycles. The van der Waals surface area contributed by atoms with Crippen LogP contribution in [0.3, 0.4) is 0 Å². The number of imide groups is 1. The standard InChI is InChI=1S/C13H21N3O5/c1-8(2)11(12(19)20)14-9(17)5-4-6-16-10(18)7-15(3)13(16)21/h8,11H,4-7H2,1-3H3,(H,14,17)(H,19,20)/t11-/m1/s1. The third kappa shape index (κ3) is 4.44. The number of carbonyl (C=O) groups is 4. The zero-order valence-electron chi connectivity index (χ0n) is 12.5. The van der Waals surface area contributed by atoms with Crippen molar-refractivity contribution in [2.75, 3.05) is 20.1 Å². The number of nitrogens with one attached hydrogen (secondary N) is 1. The van der Waals surface area contributed by atoms with Gasteiger partial charge in [-0.15, -0.1) is 0 Å². The van der Waals surface area contributed by atoms with Crippen molar-refractivity contribution in [2.45, 2.75) is 32.7 Å². The Balaban J connectivity index is 2.39. The van der Waals surface area contributed by atoms with E-state index in [-0.39, 0.29) is 37.4 Å². The van der Waals surface area contributed by atoms with Gasteiger partial charge >= 0.3 is 12.0 Å². The molecule has 8 heteroatoms. The van der Waals surface area contributed by atoms with Crippen molar-refractivity contribution in [1.82, 2.24) is 15.1 Å². The summed E-state index contributed by atoms with van der Waals surface area (Å²) in [6.07, 6.45) is 0.374. The number of hydrogen-bond donors (Lipinski definition) is 2. The van der Waals surface area contributed by atoms with E-state index in [2.05, 4.69) is 5.32 Å². The minimum absolute atomic E-state index is 0.0550. The predicted molar refractivity (Wildman–Crippen MR) is 73.4 cm³/mol. The lowest BCUT2D eigenvalue weighted by molar-refractivity contribution is -0.143. The van der Waals surface area contributed by atoms with Crippen molar-refractivity contribution in [3.05, 3.63) is 0 Å². The van der Waals surface area contributed by atoms with Crippen molar-refractivity contribution in [3.8, 4) is 0 Å². The Labute approximate surface area is 123 Å². The number of carbonyl (C=O) groups excluding carboxylic acids is 3. The van der Waals surface area contributed by atoms with Gasteiger partial charge in [0.2, 0.25) is 11.8 Å². The van der Waals surface area contributed by atoms with Crippen LogP contribution < -0.4 is 5.32 Å². The molecule has 0 aliphatic carbocycles. The fourth-order valence-corrected chi connectivity index (χ4v) is 2.05. The highest BCUT2D eigenvalue weighted by molar-refractivity contribution is 6.01. The van der Waals surface area contributed by atoms with Crippen LogP contribution in [0.4, 0.5) is 4.79 Å². The summed E-state index contributed by atoms with van der Waals surface area (Å²) in [4.78, 5) is 48.2. The molecule has 0 spiro atoms. The third-order valence-electron chi connectivity index (χ3n) is 3.27. The van der Waals surface area contributed by atoms with Crippen molar-refractivity contribution >= 4 is 23.8 Å². The van der Waals surface area contributed by atoms with E-state index in [0.717, 1.165) is 4.90 Å². The SMILES string of the molecule is CC(C)[C@@H](NC(=O)CCCN1C(=O)CN(C)C1=O)C(=O)O. The van der Waals surface area contributed by atoms with Gasteiger partial charge in [0.15, 0.2) is 0 Å². The number of aliphatic carboxylic acids is 1. The topological polar surface area (TPSA) is 107 Å². The summed E-state index contributed by atoms with van der Waals surface area (Å²) in [5.74, 6) is -1.98. The molecule has 0 aromatic rings. The Kier molecular flexibility index (Phi) is 5.69. The van der Waals surface area contributed by atoms with Gasteiger partial charge in [0.25, 0.3) is 0 Å². The molecule has 21 heavy (non-hydrogen) atoms. The normalized spacial score (nSPS) is 16.6. The monoisotopic (exact) mass is 299 g/mol. The van der Waals surface area contributed by atoms with Crippen LogP contribution in [0.2, 0.25) is 0 Å². The summed E-state index contributed by atoms with van der Waals surface area (Å²) in [5.41, 5.74) is 0. The summed E-state index contributed by atoms with van der Waals surface area (Å²) in [7, 11) is 1.53. The molecule has 1 rings (SSSR count). The quantitative estimate of drug-likeness (QED) is 0.638. The average Bonchev–Trinajstić information content (AvgIpc) is 2.61. The largest absolute Gasteiger partial charge is 0.480 e. The van der Waals surface area contributed by atoms with Crippen LogP contribution in [0.5, 0.6) is 0 Å². The van der Waals surface area contributed by atoms with E-state index in [4.69, 9.17) is 5.11 Å². The van der Waals surface area contributed by atoms with Crippen LogP contribution in [-0.4, -0.2) is 64.9 Å². The highest BCUT2D eigenvalue weighted by Crippen LogP contribution is 2.09. The summed E-state index contributed by atoms with van der Waals surface area (Å²) in [6.45, 7) is 3.63. The predicted octanol–water partition coefficient (Wildman–Crippen LogP) is -0.114. The molecule has 4 amide bonds. The fraction of sp³-hybridized carbons (Fsp3) is 0.692. The molecule has 0 unspecified atom stereocenters. The van der Waals surface area contributed by atoms with Gasteiger partial charge < -0.3 is 15.3 Å². The first-order valence-electron chi connectivity index (χ1n) is 6.81. The minimum Gasteiger partial charge on any atom is -0.480 e. The second kappa shape index (κ2) is 7.05. The molecule has 0 aromatic heterocycles. The Bertz CT molecular complexity index is 449. The minimum atomic E-state index is -1.08. The van der Waals surface area contributed by atoms with Crippen LogP contribution in [0.15, 0.2) is 0 Å². The van der Waals surface area contributed by atoms with Crippen molar-refractivity contribution in [2.24, 2.45) is 5.92 Å². The van der Waals surface area contributed by atoms with Gasteiger partial charge in [-0.2, -0.15) is 0 Å². The van der Waals surface area contributed by atoms with Gasteiger partial charge in [-0.3, -0.25) is 14.5 Å². The van der Waals surface area contributed by atoms with Crippen LogP contribution in [0.25, 0.3) is 0 Å². The Morgan fingerprint density at radius 2 is 1.95 bits per heavy atom. The molecule has 1 fully saturated rings. The number of urea groups is 1. The molecule has 0 radical (unpaired) electrons. The molecular weight excluding hydrogens is 278 g/mol. The van der Waals surface area contributed by atoms with Gasteiger partial charge in [0.05, 0.1) is 0 Å². The summed E-state index contributed by atoms with van der Waals surface area (Å²) in [6, 6.07) is -1.30. The summed E-state index contributed by atoms with van der Waals surface area (Å²) in [5, 5.41) is 11.4. The maximum Gasteiger partial charge on any atom is 0.326 e. The van der Waals surface area contributed by atoms with Crippen LogP contribution in [0, 0.1) is 5.92 Å². The second-order valence-electron chi connectivity index (χ2n) is 5.42. The molecule has 0 saturated carbocycles. The number of amides is 4. The first kappa shape index (κ1) is 16.9. The number of rotatable bonds is 7. The molecule has 8 nitrogen and oxygen atoms in total. The highest BCUT2D eigenvalue weighted by atomic mass is 16.4. The van der Waals surface area contributed by atoms with E-state index in [1.165, 1.54) is 11.9 Å².